The van der Waals surface area contributed by atoms with Gasteiger partial charge in [0.25, 0.3) is 0 Å². The third kappa shape index (κ3) is 16.2. The first-order chi connectivity index (χ1) is 42.7. The molecule has 2 fully saturated rings. The largest absolute Gasteiger partial charge is 0.463 e. The minimum Gasteiger partial charge on any atom is -0.463 e. The van der Waals surface area contributed by atoms with Gasteiger partial charge in [-0.3, -0.25) is 47.0 Å². The molecular formula is C62H65N5O20P2. The molecule has 0 radical (unpaired) electrons. The molecule has 27 heteroatoms. The number of nitrogens with one attached hydrogen (secondary N) is 1. The molecule has 0 spiro atoms. The predicted octanol–water partition coefficient (Wildman–Crippen LogP) is 8.88. The maximum atomic E-state index is 15.9. The number of hydrogen-bond acceptors (Lipinski definition) is 24. The highest BCUT2D eigenvalue weighted by molar-refractivity contribution is 7.71. The first kappa shape index (κ1) is 64.9. The molecule has 1 N–H and O–H groups in total. The normalized spacial score (nSPS) is 22.1. The van der Waals surface area contributed by atoms with Crippen molar-refractivity contribution in [2.24, 2.45) is 0 Å². The summed E-state index contributed by atoms with van der Waals surface area (Å²) in [4.78, 5) is 90.7. The average molecular weight is 1260 g/mol. The lowest BCUT2D eigenvalue weighted by atomic mass is 9.77. The Kier molecular flexibility index (Phi) is 21.3. The van der Waals surface area contributed by atoms with E-state index in [0.717, 1.165) is 58.2 Å². The SMILES string of the molecule is CC(=O)OC[C@H]1OC(OP(=O)(CP(=O)(OCc2ccccc2)OC[C@H]2O[C@@H](n3cnc4c(NC(c5ccccc5)(c5ccccc5)c5ccccc5)ncnc43)[C@H](OC(C)=O)[C@@H]2OC(C)=O)OCc2ccccc2)[C@@H](OC(C)=O)[C@@H](OC(C)=O)[C@@H]1OC(C)=O. The molecule has 89 heavy (non-hydrogen) atoms. The van der Waals surface area contributed by atoms with Crippen LogP contribution in [0, 0.1) is 0 Å². The highest BCUT2D eigenvalue weighted by atomic mass is 31.2. The molecule has 2 aromatic heterocycles. The number of nitrogens with zero attached hydrogens (tertiary/aromatic N) is 4. The molecule has 4 heterocycles. The zero-order valence-corrected chi connectivity index (χ0v) is 51.0. The van der Waals surface area contributed by atoms with Crippen molar-refractivity contribution < 1.29 is 93.9 Å². The van der Waals surface area contributed by atoms with Crippen LogP contribution in [0.4, 0.5) is 5.82 Å². The van der Waals surface area contributed by atoms with Gasteiger partial charge in [-0.1, -0.05) is 152 Å². The second-order valence-electron chi connectivity index (χ2n) is 20.6. The smallest absolute Gasteiger partial charge is 0.345 e. The van der Waals surface area contributed by atoms with Crippen molar-refractivity contribution >= 4 is 68.0 Å². The van der Waals surface area contributed by atoms with E-state index in [1.54, 1.807) is 60.7 Å². The Bertz CT molecular complexity index is 3590. The van der Waals surface area contributed by atoms with Gasteiger partial charge in [0.15, 0.2) is 59.6 Å². The quantitative estimate of drug-likeness (QED) is 0.0229. The summed E-state index contributed by atoms with van der Waals surface area (Å²) in [6.45, 7) is 3.98. The highest BCUT2D eigenvalue weighted by Crippen LogP contribution is 2.66. The molecule has 25 nitrogen and oxygen atoms in total. The standard InChI is InChI=1S/C62H65N5O20P2/c1-39(68)76-34-50-53(80-40(2)69)55(82-42(4)71)57(84-44(6)73)61(86-50)87-89(75,78-33-46-24-14-8-15-25-46)38-88(74,77-32-45-22-12-7-13-23-45)79-35-51-54(81-41(3)70)56(83-43(5)72)60(85-51)67-37-65-52-58(63-36-64-59(52)67)66-62(47-26-16-9-17-27-47,48-28-18-10-19-29-48)49-30-20-11-21-31-49/h7-31,36-37,50-51,53-57,60-61H,32-35,38H2,1-6H3,(H,63,64,66)/t50-,51-,53-,54-,55+,56-,57+,60-,61?,88?,89?/m1/s1. The number of carbonyl (C=O) groups excluding carboxylic acids is 6. The number of anilines is 1. The summed E-state index contributed by atoms with van der Waals surface area (Å²) < 4.78 is 105. The van der Waals surface area contributed by atoms with E-state index in [-0.39, 0.29) is 17.0 Å². The van der Waals surface area contributed by atoms with Gasteiger partial charge in [0.1, 0.15) is 30.7 Å². The molecule has 0 amide bonds. The maximum absolute atomic E-state index is 15.9. The van der Waals surface area contributed by atoms with Crippen LogP contribution >= 0.6 is 15.2 Å². The topological polar surface area (TPSA) is 303 Å². The number of imidazole rings is 1. The van der Waals surface area contributed by atoms with E-state index in [0.29, 0.717) is 11.1 Å². The molecule has 0 aliphatic carbocycles. The van der Waals surface area contributed by atoms with Gasteiger partial charge in [-0.15, -0.1) is 0 Å². The second-order valence-corrected chi connectivity index (χ2v) is 25.1. The summed E-state index contributed by atoms with van der Waals surface area (Å²) in [5.74, 6) is -6.30. The molecule has 7 aromatic rings. The highest BCUT2D eigenvalue weighted by Gasteiger charge is 2.57. The van der Waals surface area contributed by atoms with Gasteiger partial charge in [-0.25, -0.2) is 15.0 Å². The fourth-order valence-corrected chi connectivity index (χ4v) is 15.0. The molecule has 0 bridgehead atoms. The summed E-state index contributed by atoms with van der Waals surface area (Å²) in [5.41, 5.74) is 2.84. The summed E-state index contributed by atoms with van der Waals surface area (Å²) in [7, 11) is -10.2. The van der Waals surface area contributed by atoms with Gasteiger partial charge >= 0.3 is 51.0 Å². The van der Waals surface area contributed by atoms with E-state index in [1.807, 2.05) is 91.0 Å². The van der Waals surface area contributed by atoms with Crippen molar-refractivity contribution in [3.8, 4) is 0 Å². The number of aromatic nitrogens is 4. The molecule has 468 valence electrons. The van der Waals surface area contributed by atoms with Gasteiger partial charge < -0.3 is 56.8 Å². The van der Waals surface area contributed by atoms with Crippen LogP contribution < -0.4 is 5.32 Å². The molecule has 0 saturated carbocycles. The Balaban J connectivity index is 1.09. The maximum Gasteiger partial charge on any atom is 0.345 e. The van der Waals surface area contributed by atoms with Crippen molar-refractivity contribution in [2.75, 3.05) is 24.4 Å². The number of ether oxygens (including phenoxy) is 8. The molecule has 9 rings (SSSR count). The minimum absolute atomic E-state index is 0.170. The zero-order chi connectivity index (χ0) is 63.3. The molecule has 3 unspecified atom stereocenters. The lowest BCUT2D eigenvalue weighted by molar-refractivity contribution is -0.290. The molecular weight excluding hydrogens is 1200 g/mol. The number of rotatable bonds is 26. The van der Waals surface area contributed by atoms with Crippen molar-refractivity contribution in [3.05, 3.63) is 192 Å². The van der Waals surface area contributed by atoms with Crippen molar-refractivity contribution in [1.29, 1.82) is 0 Å². The molecule has 5 aromatic carbocycles. The van der Waals surface area contributed by atoms with Gasteiger partial charge in [-0.05, 0) is 27.8 Å². The Morgan fingerprint density at radius 1 is 0.494 bits per heavy atom. The Labute approximate surface area is 511 Å². The lowest BCUT2D eigenvalue weighted by Gasteiger charge is -2.44. The van der Waals surface area contributed by atoms with Crippen LogP contribution in [0.15, 0.2) is 164 Å². The van der Waals surface area contributed by atoms with Crippen molar-refractivity contribution in [3.63, 3.8) is 0 Å². The van der Waals surface area contributed by atoms with Crippen LogP contribution in [0.1, 0.15) is 75.6 Å². The van der Waals surface area contributed by atoms with Crippen LogP contribution in [-0.2, 0) is 113 Å². The van der Waals surface area contributed by atoms with Gasteiger partial charge in [0, 0.05) is 41.5 Å². The minimum atomic E-state index is -5.15. The zero-order valence-electron chi connectivity index (χ0n) is 49.2. The predicted molar refractivity (Wildman–Crippen MR) is 315 cm³/mol. The van der Waals surface area contributed by atoms with Gasteiger partial charge in [0.2, 0.25) is 6.29 Å². The summed E-state index contributed by atoms with van der Waals surface area (Å²) in [6, 6.07) is 46.0. The second kappa shape index (κ2) is 29.2. The van der Waals surface area contributed by atoms with Crippen molar-refractivity contribution in [2.45, 2.75) is 116 Å². The number of benzene rings is 5. The first-order valence-electron chi connectivity index (χ1n) is 28.0. The van der Waals surface area contributed by atoms with Crippen LogP contribution in [0.25, 0.3) is 11.2 Å². The molecule has 2 aliphatic heterocycles. The van der Waals surface area contributed by atoms with Gasteiger partial charge in [-0.2, -0.15) is 0 Å². The monoisotopic (exact) mass is 1260 g/mol. The molecule has 2 saturated heterocycles. The number of esters is 6. The third-order valence-electron chi connectivity index (χ3n) is 14.0. The fraction of sp³-hybridized carbons (Fsp3) is 0.339. The third-order valence-corrected chi connectivity index (χ3v) is 18.9. The molecule has 2 aliphatic rings. The van der Waals surface area contributed by atoms with Crippen LogP contribution in [0.5, 0.6) is 0 Å². The summed E-state index contributed by atoms with van der Waals surface area (Å²) in [5, 5.41) is 3.72. The summed E-state index contributed by atoms with van der Waals surface area (Å²) >= 11 is 0. The number of hydrogen-bond donors (Lipinski definition) is 1. The number of fused-ring (bicyclic) bond motifs is 1. The first-order valence-corrected chi connectivity index (χ1v) is 31.5. The van der Waals surface area contributed by atoms with Crippen LogP contribution in [0.3, 0.4) is 0 Å². The molecule has 11 atom stereocenters. The van der Waals surface area contributed by atoms with Crippen molar-refractivity contribution in [1.82, 2.24) is 19.5 Å². The number of carbonyl (C=O) groups is 6. The summed E-state index contributed by atoms with van der Waals surface area (Å²) in [6.07, 6.45) is -12.1. The fourth-order valence-electron chi connectivity index (χ4n) is 10.4. The Hall–Kier alpha value is -8.51. The van der Waals surface area contributed by atoms with E-state index >= 15 is 9.13 Å². The van der Waals surface area contributed by atoms with E-state index in [9.17, 15) is 28.8 Å². The lowest BCUT2D eigenvalue weighted by Crippen LogP contribution is -2.62. The van der Waals surface area contributed by atoms with Crippen LogP contribution in [0.2, 0.25) is 0 Å². The Morgan fingerprint density at radius 2 is 0.933 bits per heavy atom. The van der Waals surface area contributed by atoms with Crippen LogP contribution in [-0.4, -0.2) is 123 Å². The van der Waals surface area contributed by atoms with E-state index < -0.39 is 144 Å². The Morgan fingerprint density at radius 3 is 1.43 bits per heavy atom. The average Bonchev–Trinajstić information content (AvgIpc) is 3.05. The van der Waals surface area contributed by atoms with E-state index in [1.165, 1.54) is 17.2 Å². The van der Waals surface area contributed by atoms with E-state index in [4.69, 9.17) is 66.0 Å². The van der Waals surface area contributed by atoms with E-state index in [2.05, 4.69) is 10.3 Å². The van der Waals surface area contributed by atoms with Gasteiger partial charge in [0.05, 0.1) is 26.1 Å².